The maximum atomic E-state index is 12.2. The summed E-state index contributed by atoms with van der Waals surface area (Å²) in [5.41, 5.74) is 2.04. The molecule has 0 radical (unpaired) electrons. The first kappa shape index (κ1) is 19.7. The maximum Gasteiger partial charge on any atom is 0.330 e. The summed E-state index contributed by atoms with van der Waals surface area (Å²) >= 11 is 0. The normalized spacial score (nSPS) is 21.1. The van der Waals surface area contributed by atoms with Gasteiger partial charge in [-0.15, -0.1) is 0 Å². The van der Waals surface area contributed by atoms with Gasteiger partial charge in [0.15, 0.2) is 0 Å². The third-order valence-electron chi connectivity index (χ3n) is 4.52. The van der Waals surface area contributed by atoms with Gasteiger partial charge in [0.05, 0.1) is 11.9 Å². The number of hydrogen-bond acceptors (Lipinski definition) is 4. The highest BCUT2D eigenvalue weighted by atomic mass is 32.2. The van der Waals surface area contributed by atoms with Crippen LogP contribution in [0.25, 0.3) is 6.08 Å². The van der Waals surface area contributed by atoms with Crippen molar-refractivity contribution in [2.75, 3.05) is 6.61 Å². The highest BCUT2D eigenvalue weighted by Crippen LogP contribution is 2.35. The van der Waals surface area contributed by atoms with Gasteiger partial charge in [-0.3, -0.25) is 0 Å². The Kier molecular flexibility index (Phi) is 6.79. The molecule has 0 saturated heterocycles. The van der Waals surface area contributed by atoms with E-state index in [9.17, 15) is 13.2 Å². The second kappa shape index (κ2) is 8.63. The second-order valence-electron chi connectivity index (χ2n) is 6.61. The van der Waals surface area contributed by atoms with Crippen molar-refractivity contribution in [3.05, 3.63) is 41.5 Å². The Morgan fingerprint density at radius 2 is 1.96 bits per heavy atom. The van der Waals surface area contributed by atoms with Gasteiger partial charge in [-0.1, -0.05) is 30.7 Å². The fraction of sp³-hybridized carbons (Fsp3) is 0.526. The van der Waals surface area contributed by atoms with Gasteiger partial charge in [0, 0.05) is 18.0 Å². The topological polar surface area (TPSA) is 72.5 Å². The molecule has 0 bridgehead atoms. The molecule has 1 N–H and O–H groups in total. The van der Waals surface area contributed by atoms with E-state index in [-0.39, 0.29) is 17.9 Å². The molecule has 1 aliphatic rings. The van der Waals surface area contributed by atoms with Crippen LogP contribution in [-0.4, -0.2) is 32.3 Å². The van der Waals surface area contributed by atoms with Crippen molar-refractivity contribution in [2.24, 2.45) is 0 Å². The summed E-state index contributed by atoms with van der Waals surface area (Å²) in [5, 5.41) is -0.427. The number of ether oxygens (including phenoxy) is 1. The van der Waals surface area contributed by atoms with Crippen LogP contribution in [0.5, 0.6) is 0 Å². The molecule has 1 aromatic rings. The average molecular weight is 365 g/mol. The lowest BCUT2D eigenvalue weighted by Crippen LogP contribution is -2.40. The van der Waals surface area contributed by atoms with Crippen LogP contribution in [-0.2, 0) is 19.6 Å². The fourth-order valence-corrected chi connectivity index (χ4v) is 4.03. The molecular formula is C19H27NO4S. The Labute approximate surface area is 150 Å². The number of carbonyl (C=O) groups excluding carboxylic acids is 1. The van der Waals surface area contributed by atoms with Crippen molar-refractivity contribution in [3.63, 3.8) is 0 Å². The quantitative estimate of drug-likeness (QED) is 0.595. The summed E-state index contributed by atoms with van der Waals surface area (Å²) in [4.78, 5) is 11.3. The molecule has 6 heteroatoms. The predicted octanol–water partition coefficient (Wildman–Crippen LogP) is 3.23. The molecule has 2 rings (SSSR count). The van der Waals surface area contributed by atoms with E-state index in [2.05, 4.69) is 4.72 Å². The number of benzene rings is 1. The first-order chi connectivity index (χ1) is 11.8. The minimum Gasteiger partial charge on any atom is -0.463 e. The summed E-state index contributed by atoms with van der Waals surface area (Å²) in [5.74, 6) is -0.165. The number of esters is 1. The molecule has 0 spiro atoms. The van der Waals surface area contributed by atoms with Crippen LogP contribution in [0.1, 0.15) is 57.1 Å². The van der Waals surface area contributed by atoms with Gasteiger partial charge >= 0.3 is 5.97 Å². The molecule has 2 atom stereocenters. The van der Waals surface area contributed by atoms with Gasteiger partial charge in [0.1, 0.15) is 0 Å². The van der Waals surface area contributed by atoms with E-state index >= 15 is 0 Å². The smallest absolute Gasteiger partial charge is 0.330 e. The molecule has 0 amide bonds. The molecule has 2 unspecified atom stereocenters. The Hall–Kier alpha value is -1.66. The minimum absolute atomic E-state index is 0.0478. The monoisotopic (exact) mass is 365 g/mol. The summed E-state index contributed by atoms with van der Waals surface area (Å²) in [6.45, 7) is 5.51. The Morgan fingerprint density at radius 1 is 1.28 bits per heavy atom. The molecule has 138 valence electrons. The van der Waals surface area contributed by atoms with Gasteiger partial charge in [-0.2, -0.15) is 0 Å². The Balaban J connectivity index is 2.06. The molecule has 0 aromatic heterocycles. The summed E-state index contributed by atoms with van der Waals surface area (Å²) in [6.07, 6.45) is 5.98. The summed E-state index contributed by atoms with van der Waals surface area (Å²) in [6, 6.07) is 7.86. The van der Waals surface area contributed by atoms with Gasteiger partial charge < -0.3 is 4.74 Å². The lowest BCUT2D eigenvalue weighted by molar-refractivity contribution is -0.137. The highest BCUT2D eigenvalue weighted by Gasteiger charge is 2.32. The Morgan fingerprint density at radius 3 is 2.56 bits per heavy atom. The zero-order valence-electron chi connectivity index (χ0n) is 15.1. The predicted molar refractivity (Wildman–Crippen MR) is 99.7 cm³/mol. The maximum absolute atomic E-state index is 12.2. The second-order valence-corrected chi connectivity index (χ2v) is 8.88. The van der Waals surface area contributed by atoms with Gasteiger partial charge in [0.2, 0.25) is 10.0 Å². The number of carbonyl (C=O) groups is 1. The Bertz CT molecular complexity index is 707. The standard InChI is InChI=1S/C19H27NO4S/c1-4-24-19(21)13-10-15-8-11-16(12-9-15)17-6-5-7-18(17)20-25(22,23)14(2)3/h8-14,17-18,20H,4-7H2,1-3H3/b13-10+. The summed E-state index contributed by atoms with van der Waals surface area (Å²) < 4.78 is 32.0. The van der Waals surface area contributed by atoms with Crippen molar-refractivity contribution in [3.8, 4) is 0 Å². The third kappa shape index (κ3) is 5.41. The van der Waals surface area contributed by atoms with E-state index in [0.717, 1.165) is 30.4 Å². The molecule has 0 aliphatic heterocycles. The van der Waals surface area contributed by atoms with Crippen LogP contribution in [0, 0.1) is 0 Å². The first-order valence-electron chi connectivity index (χ1n) is 8.79. The molecule has 0 heterocycles. The van der Waals surface area contributed by atoms with Crippen molar-refractivity contribution in [2.45, 2.75) is 57.2 Å². The van der Waals surface area contributed by atoms with E-state index in [0.29, 0.717) is 6.61 Å². The molecule has 1 fully saturated rings. The van der Waals surface area contributed by atoms with E-state index in [4.69, 9.17) is 4.74 Å². The van der Waals surface area contributed by atoms with E-state index < -0.39 is 15.3 Å². The van der Waals surface area contributed by atoms with Crippen LogP contribution in [0.4, 0.5) is 0 Å². The molecule has 1 aromatic carbocycles. The molecule has 1 aliphatic carbocycles. The van der Waals surface area contributed by atoms with Crippen LogP contribution in [0.3, 0.4) is 0 Å². The summed E-state index contributed by atoms with van der Waals surface area (Å²) in [7, 11) is -3.27. The molecule has 1 saturated carbocycles. The first-order valence-corrected chi connectivity index (χ1v) is 10.3. The van der Waals surface area contributed by atoms with Crippen molar-refractivity contribution >= 4 is 22.1 Å². The number of nitrogens with one attached hydrogen (secondary N) is 1. The SMILES string of the molecule is CCOC(=O)/C=C/c1ccc(C2CCCC2NS(=O)(=O)C(C)C)cc1. The molecular weight excluding hydrogens is 338 g/mol. The molecule has 25 heavy (non-hydrogen) atoms. The van der Waals surface area contributed by atoms with Crippen LogP contribution >= 0.6 is 0 Å². The molecule has 5 nitrogen and oxygen atoms in total. The van der Waals surface area contributed by atoms with E-state index in [1.165, 1.54) is 6.08 Å². The minimum atomic E-state index is -3.27. The number of sulfonamides is 1. The lowest BCUT2D eigenvalue weighted by Gasteiger charge is -2.22. The number of rotatable bonds is 7. The van der Waals surface area contributed by atoms with Crippen LogP contribution < -0.4 is 4.72 Å². The van der Waals surface area contributed by atoms with Gasteiger partial charge in [-0.25, -0.2) is 17.9 Å². The number of hydrogen-bond donors (Lipinski definition) is 1. The zero-order chi connectivity index (χ0) is 18.4. The zero-order valence-corrected chi connectivity index (χ0v) is 15.9. The fourth-order valence-electron chi connectivity index (χ4n) is 3.06. The average Bonchev–Trinajstić information content (AvgIpc) is 3.01. The van der Waals surface area contributed by atoms with Gasteiger partial charge in [0.25, 0.3) is 0 Å². The lowest BCUT2D eigenvalue weighted by atomic mass is 9.94. The van der Waals surface area contributed by atoms with E-state index in [1.54, 1.807) is 26.8 Å². The van der Waals surface area contributed by atoms with Crippen molar-refractivity contribution < 1.29 is 17.9 Å². The van der Waals surface area contributed by atoms with Gasteiger partial charge in [-0.05, 0) is 50.8 Å². The van der Waals surface area contributed by atoms with Crippen molar-refractivity contribution in [1.29, 1.82) is 0 Å². The largest absolute Gasteiger partial charge is 0.463 e. The third-order valence-corrected chi connectivity index (χ3v) is 6.39. The van der Waals surface area contributed by atoms with Crippen LogP contribution in [0.2, 0.25) is 0 Å². The van der Waals surface area contributed by atoms with Crippen LogP contribution in [0.15, 0.2) is 30.3 Å². The highest BCUT2D eigenvalue weighted by molar-refractivity contribution is 7.90. The van der Waals surface area contributed by atoms with Crippen molar-refractivity contribution in [1.82, 2.24) is 4.72 Å². The van der Waals surface area contributed by atoms with E-state index in [1.807, 2.05) is 24.3 Å².